The molecule has 1 aliphatic heterocycles. The molecule has 0 atom stereocenters. The molecular formula is C21H23Cl2N5O3. The number of benzene rings is 1. The van der Waals surface area contributed by atoms with Gasteiger partial charge in [0.25, 0.3) is 5.56 Å². The average molecular weight is 464 g/mol. The number of fused-ring (bicyclic) bond motifs is 1. The van der Waals surface area contributed by atoms with Gasteiger partial charge in [-0.05, 0) is 25.0 Å². The van der Waals surface area contributed by atoms with Crippen LogP contribution >= 0.6 is 24.0 Å². The normalized spacial score (nSPS) is 14.2. The molecule has 4 rings (SSSR count). The molecule has 0 bridgehead atoms. The molecule has 8 nitrogen and oxygen atoms in total. The standard InChI is InChI=1S/C21H22ClN5O3.ClH/c1-26-18-13(11-16(19(26)28)15-5-3-4-6-17(15)22)12-23-20(25-18)24-14-7-9-27(10-8-14)21(29)30-2;/h3-6,11-12,14H,7-10H2,1-2H3,(H,23,24,25);1H. The number of carbonyl (C=O) groups excluding carboxylic acids is 1. The quantitative estimate of drug-likeness (QED) is 0.636. The van der Waals surface area contributed by atoms with E-state index in [9.17, 15) is 9.59 Å². The number of aryl methyl sites for hydroxylation is 1. The van der Waals surface area contributed by atoms with Crippen molar-refractivity contribution in [2.24, 2.45) is 7.05 Å². The third-order valence-corrected chi connectivity index (χ3v) is 5.70. The van der Waals surface area contributed by atoms with Crippen LogP contribution in [0.3, 0.4) is 0 Å². The van der Waals surface area contributed by atoms with Gasteiger partial charge in [-0.25, -0.2) is 9.78 Å². The van der Waals surface area contributed by atoms with Gasteiger partial charge in [0.15, 0.2) is 0 Å². The van der Waals surface area contributed by atoms with Crippen LogP contribution in [-0.4, -0.2) is 51.8 Å². The first-order valence-corrected chi connectivity index (χ1v) is 10.1. The third kappa shape index (κ3) is 4.60. The maximum Gasteiger partial charge on any atom is 0.409 e. The Kier molecular flexibility index (Phi) is 7.02. The smallest absolute Gasteiger partial charge is 0.409 e. The highest BCUT2D eigenvalue weighted by Gasteiger charge is 2.23. The predicted octanol–water partition coefficient (Wildman–Crippen LogP) is 3.71. The number of aromatic nitrogens is 3. The number of pyridine rings is 1. The Morgan fingerprint density at radius 3 is 2.61 bits per heavy atom. The van der Waals surface area contributed by atoms with Crippen LogP contribution < -0.4 is 10.9 Å². The van der Waals surface area contributed by atoms with Gasteiger partial charge in [-0.2, -0.15) is 4.98 Å². The van der Waals surface area contributed by atoms with Crippen molar-refractivity contribution < 1.29 is 9.53 Å². The molecule has 0 spiro atoms. The molecular weight excluding hydrogens is 441 g/mol. The van der Waals surface area contributed by atoms with E-state index in [-0.39, 0.29) is 30.1 Å². The topological polar surface area (TPSA) is 89.4 Å². The molecule has 0 saturated carbocycles. The van der Waals surface area contributed by atoms with Gasteiger partial charge >= 0.3 is 6.09 Å². The van der Waals surface area contributed by atoms with Crippen molar-refractivity contribution in [3.8, 4) is 11.1 Å². The Hall–Kier alpha value is -2.84. The molecule has 1 fully saturated rings. The lowest BCUT2D eigenvalue weighted by atomic mass is 10.1. The fraction of sp³-hybridized carbons (Fsp3) is 0.333. The van der Waals surface area contributed by atoms with Crippen molar-refractivity contribution in [2.75, 3.05) is 25.5 Å². The molecule has 3 heterocycles. The first-order valence-electron chi connectivity index (χ1n) is 9.69. The maximum atomic E-state index is 12.9. The van der Waals surface area contributed by atoms with E-state index in [1.165, 1.54) is 11.7 Å². The van der Waals surface area contributed by atoms with Crippen LogP contribution in [0.25, 0.3) is 22.2 Å². The van der Waals surface area contributed by atoms with Gasteiger partial charge in [0, 0.05) is 53.9 Å². The van der Waals surface area contributed by atoms with Gasteiger partial charge in [-0.3, -0.25) is 9.36 Å². The van der Waals surface area contributed by atoms with Crippen molar-refractivity contribution in [3.63, 3.8) is 0 Å². The second-order valence-electron chi connectivity index (χ2n) is 7.25. The van der Waals surface area contributed by atoms with E-state index in [2.05, 4.69) is 15.3 Å². The predicted molar refractivity (Wildman–Crippen MR) is 123 cm³/mol. The van der Waals surface area contributed by atoms with Crippen LogP contribution in [0, 0.1) is 0 Å². The molecule has 3 aromatic rings. The molecule has 2 aromatic heterocycles. The minimum Gasteiger partial charge on any atom is -0.453 e. The van der Waals surface area contributed by atoms with Crippen molar-refractivity contribution in [3.05, 3.63) is 51.9 Å². The molecule has 1 amide bonds. The lowest BCUT2D eigenvalue weighted by Crippen LogP contribution is -2.42. The summed E-state index contributed by atoms with van der Waals surface area (Å²) >= 11 is 6.29. The first kappa shape index (κ1) is 22.8. The number of nitrogens with one attached hydrogen (secondary N) is 1. The zero-order valence-corrected chi connectivity index (χ0v) is 18.7. The van der Waals surface area contributed by atoms with Crippen LogP contribution in [-0.2, 0) is 11.8 Å². The van der Waals surface area contributed by atoms with E-state index in [0.29, 0.717) is 40.8 Å². The molecule has 0 radical (unpaired) electrons. The number of rotatable bonds is 3. The summed E-state index contributed by atoms with van der Waals surface area (Å²) in [7, 11) is 3.08. The molecule has 1 saturated heterocycles. The largest absolute Gasteiger partial charge is 0.453 e. The summed E-state index contributed by atoms with van der Waals surface area (Å²) < 4.78 is 6.28. The Morgan fingerprint density at radius 2 is 1.94 bits per heavy atom. The number of anilines is 1. The number of likely N-dealkylation sites (tertiary alicyclic amines) is 1. The molecule has 1 aromatic carbocycles. The number of hydrogen-bond donors (Lipinski definition) is 1. The Labute approximate surface area is 190 Å². The number of carbonyl (C=O) groups is 1. The minimum atomic E-state index is -0.306. The minimum absolute atomic E-state index is 0. The Balaban J connectivity index is 0.00000272. The van der Waals surface area contributed by atoms with E-state index in [1.807, 2.05) is 18.2 Å². The fourth-order valence-electron chi connectivity index (χ4n) is 3.71. The highest BCUT2D eigenvalue weighted by atomic mass is 35.5. The van der Waals surface area contributed by atoms with Crippen LogP contribution in [0.15, 0.2) is 41.3 Å². The highest BCUT2D eigenvalue weighted by Crippen LogP contribution is 2.27. The summed E-state index contributed by atoms with van der Waals surface area (Å²) in [5, 5.41) is 4.58. The summed E-state index contributed by atoms with van der Waals surface area (Å²) in [6.45, 7) is 1.22. The summed E-state index contributed by atoms with van der Waals surface area (Å²) in [4.78, 5) is 35.2. The van der Waals surface area contributed by atoms with Crippen LogP contribution in [0.4, 0.5) is 10.7 Å². The number of halogens is 2. The highest BCUT2D eigenvalue weighted by molar-refractivity contribution is 6.33. The van der Waals surface area contributed by atoms with E-state index < -0.39 is 0 Å². The van der Waals surface area contributed by atoms with Crippen LogP contribution in [0.2, 0.25) is 5.02 Å². The summed E-state index contributed by atoms with van der Waals surface area (Å²) in [5.41, 5.74) is 1.56. The molecule has 1 aliphatic rings. The van der Waals surface area contributed by atoms with Gasteiger partial charge in [0.2, 0.25) is 5.95 Å². The van der Waals surface area contributed by atoms with E-state index in [1.54, 1.807) is 30.3 Å². The van der Waals surface area contributed by atoms with Gasteiger partial charge in [0.1, 0.15) is 5.65 Å². The van der Waals surface area contributed by atoms with E-state index in [4.69, 9.17) is 16.3 Å². The number of ether oxygens (including phenoxy) is 1. The molecule has 0 unspecified atom stereocenters. The van der Waals surface area contributed by atoms with E-state index >= 15 is 0 Å². The van der Waals surface area contributed by atoms with Crippen molar-refractivity contribution in [1.29, 1.82) is 0 Å². The number of nitrogens with zero attached hydrogens (tertiary/aromatic N) is 4. The average Bonchev–Trinajstić information content (AvgIpc) is 2.77. The van der Waals surface area contributed by atoms with Gasteiger partial charge in [0.05, 0.1) is 7.11 Å². The number of methoxy groups -OCH3 is 1. The molecule has 0 aliphatic carbocycles. The lowest BCUT2D eigenvalue weighted by molar-refractivity contribution is 0.113. The molecule has 164 valence electrons. The number of hydrogen-bond acceptors (Lipinski definition) is 6. The fourth-order valence-corrected chi connectivity index (χ4v) is 3.94. The summed E-state index contributed by atoms with van der Waals surface area (Å²) in [5.74, 6) is 0.458. The number of piperidine rings is 1. The lowest BCUT2D eigenvalue weighted by Gasteiger charge is -2.31. The van der Waals surface area contributed by atoms with Crippen molar-refractivity contribution >= 4 is 47.1 Å². The van der Waals surface area contributed by atoms with Gasteiger partial charge in [-0.15, -0.1) is 12.4 Å². The molecule has 31 heavy (non-hydrogen) atoms. The first-order chi connectivity index (χ1) is 14.5. The van der Waals surface area contributed by atoms with Crippen molar-refractivity contribution in [1.82, 2.24) is 19.4 Å². The molecule has 1 N–H and O–H groups in total. The SMILES string of the molecule is COC(=O)N1CCC(Nc2ncc3cc(-c4ccccc4Cl)c(=O)n(C)c3n2)CC1.Cl. The summed E-state index contributed by atoms with van der Waals surface area (Å²) in [6.07, 6.45) is 2.93. The second kappa shape index (κ2) is 9.53. The zero-order chi connectivity index (χ0) is 21.3. The summed E-state index contributed by atoms with van der Waals surface area (Å²) in [6, 6.07) is 9.17. The zero-order valence-electron chi connectivity index (χ0n) is 17.2. The van der Waals surface area contributed by atoms with Gasteiger partial charge < -0.3 is 15.0 Å². The van der Waals surface area contributed by atoms with E-state index in [0.717, 1.165) is 18.2 Å². The van der Waals surface area contributed by atoms with Crippen LogP contribution in [0.1, 0.15) is 12.8 Å². The maximum absolute atomic E-state index is 12.9. The Morgan fingerprint density at radius 1 is 1.23 bits per heavy atom. The van der Waals surface area contributed by atoms with Gasteiger partial charge in [-0.1, -0.05) is 29.8 Å². The Bertz CT molecular complexity index is 1160. The monoisotopic (exact) mass is 463 g/mol. The van der Waals surface area contributed by atoms with Crippen molar-refractivity contribution in [2.45, 2.75) is 18.9 Å². The second-order valence-corrected chi connectivity index (χ2v) is 7.66. The van der Waals surface area contributed by atoms with Crippen LogP contribution in [0.5, 0.6) is 0 Å². The third-order valence-electron chi connectivity index (χ3n) is 5.37. The molecule has 10 heteroatoms. The number of amides is 1.